The molecular formula is C17H18BrN5O. The fourth-order valence-electron chi connectivity index (χ4n) is 3.13. The lowest BCUT2D eigenvalue weighted by Crippen LogP contribution is -2.46. The van der Waals surface area contributed by atoms with Crippen LogP contribution in [0, 0.1) is 6.92 Å². The Hall–Kier alpha value is -1.99. The van der Waals surface area contributed by atoms with E-state index in [0.29, 0.717) is 5.89 Å². The van der Waals surface area contributed by atoms with Crippen molar-refractivity contribution in [2.24, 2.45) is 0 Å². The molecule has 0 radical (unpaired) electrons. The summed E-state index contributed by atoms with van der Waals surface area (Å²) in [6, 6.07) is 8.33. The number of benzene rings is 1. The van der Waals surface area contributed by atoms with Crippen LogP contribution < -0.4 is 4.90 Å². The normalized spacial score (nSPS) is 16.0. The molecular weight excluding hydrogens is 370 g/mol. The highest BCUT2D eigenvalue weighted by atomic mass is 79.9. The molecule has 0 spiro atoms. The van der Waals surface area contributed by atoms with Gasteiger partial charge in [-0.2, -0.15) is 4.98 Å². The molecule has 1 saturated heterocycles. The van der Waals surface area contributed by atoms with Crippen LogP contribution in [0.15, 0.2) is 39.5 Å². The number of rotatable bonds is 3. The maximum absolute atomic E-state index is 5.05. The second-order valence-corrected chi connectivity index (χ2v) is 6.90. The molecule has 0 unspecified atom stereocenters. The lowest BCUT2D eigenvalue weighted by atomic mass is 10.1. The number of hydrogen-bond acceptors (Lipinski definition) is 6. The highest BCUT2D eigenvalue weighted by molar-refractivity contribution is 9.10. The highest BCUT2D eigenvalue weighted by Crippen LogP contribution is 2.28. The lowest BCUT2D eigenvalue weighted by molar-refractivity contribution is 0.240. The van der Waals surface area contributed by atoms with E-state index in [1.165, 1.54) is 11.1 Å². The van der Waals surface area contributed by atoms with Gasteiger partial charge in [0.1, 0.15) is 0 Å². The quantitative estimate of drug-likeness (QED) is 0.688. The van der Waals surface area contributed by atoms with Gasteiger partial charge < -0.3 is 9.42 Å². The molecule has 1 aliphatic rings. The predicted octanol–water partition coefficient (Wildman–Crippen LogP) is 3.01. The molecule has 4 rings (SSSR count). The summed E-state index contributed by atoms with van der Waals surface area (Å²) in [6.45, 7) is 6.47. The van der Waals surface area contributed by atoms with Crippen LogP contribution in [-0.2, 0) is 6.54 Å². The maximum Gasteiger partial charge on any atom is 0.223 e. The van der Waals surface area contributed by atoms with Gasteiger partial charge >= 0.3 is 0 Å². The Morgan fingerprint density at radius 3 is 2.75 bits per heavy atom. The molecule has 0 N–H and O–H groups in total. The monoisotopic (exact) mass is 387 g/mol. The zero-order chi connectivity index (χ0) is 16.5. The Morgan fingerprint density at radius 2 is 2.00 bits per heavy atom. The average Bonchev–Trinajstić information content (AvgIpc) is 3.00. The van der Waals surface area contributed by atoms with Crippen LogP contribution in [0.4, 0.5) is 5.69 Å². The van der Waals surface area contributed by atoms with E-state index in [-0.39, 0.29) is 0 Å². The van der Waals surface area contributed by atoms with Gasteiger partial charge in [-0.15, -0.1) is 0 Å². The summed E-state index contributed by atoms with van der Waals surface area (Å²) in [6.07, 6.45) is 1.89. The first kappa shape index (κ1) is 15.5. The number of pyridine rings is 1. The molecule has 1 fully saturated rings. The first-order valence-electron chi connectivity index (χ1n) is 8.00. The van der Waals surface area contributed by atoms with Crippen molar-refractivity contribution in [3.05, 3.63) is 46.7 Å². The predicted molar refractivity (Wildman–Crippen MR) is 96.0 cm³/mol. The number of anilines is 1. The van der Waals surface area contributed by atoms with Gasteiger partial charge in [0.15, 0.2) is 5.82 Å². The minimum absolute atomic E-state index is 0.623. The van der Waals surface area contributed by atoms with Crippen molar-refractivity contribution in [2.45, 2.75) is 13.5 Å². The van der Waals surface area contributed by atoms with Crippen LogP contribution in [-0.4, -0.2) is 46.2 Å². The molecule has 2 aromatic heterocycles. The Labute approximate surface area is 148 Å². The van der Waals surface area contributed by atoms with Crippen LogP contribution in [0.25, 0.3) is 10.9 Å². The second kappa shape index (κ2) is 6.49. The van der Waals surface area contributed by atoms with E-state index in [0.717, 1.165) is 48.5 Å². The molecule has 7 heteroatoms. The number of nitrogens with zero attached hydrogens (tertiary/aromatic N) is 5. The van der Waals surface area contributed by atoms with Crippen LogP contribution in [0.1, 0.15) is 11.7 Å². The summed E-state index contributed by atoms with van der Waals surface area (Å²) >= 11 is 3.56. The van der Waals surface area contributed by atoms with Crippen molar-refractivity contribution in [2.75, 3.05) is 31.1 Å². The summed E-state index contributed by atoms with van der Waals surface area (Å²) in [7, 11) is 0. The number of halogens is 1. The molecule has 1 aliphatic heterocycles. The van der Waals surface area contributed by atoms with E-state index in [1.54, 1.807) is 0 Å². The van der Waals surface area contributed by atoms with Crippen molar-refractivity contribution >= 4 is 32.5 Å². The average molecular weight is 388 g/mol. The number of aryl methyl sites for hydroxylation is 1. The number of fused-ring (bicyclic) bond motifs is 1. The van der Waals surface area contributed by atoms with Gasteiger partial charge in [0, 0.05) is 54.8 Å². The van der Waals surface area contributed by atoms with E-state index in [9.17, 15) is 0 Å². The van der Waals surface area contributed by atoms with Crippen molar-refractivity contribution in [1.82, 2.24) is 20.0 Å². The minimum Gasteiger partial charge on any atom is -0.368 e. The van der Waals surface area contributed by atoms with E-state index in [1.807, 2.05) is 19.2 Å². The SMILES string of the molecule is Cc1nc(CN2CCN(c3ccnc4ccc(Br)cc34)CC2)no1. The standard InChI is InChI=1S/C17H18BrN5O/c1-12-20-17(21-24-12)11-22-6-8-23(9-7-22)16-4-5-19-15-3-2-13(18)10-14(15)16/h2-5,10H,6-9,11H2,1H3. The first-order chi connectivity index (χ1) is 11.7. The first-order valence-corrected chi connectivity index (χ1v) is 8.79. The Bertz CT molecular complexity index is 857. The van der Waals surface area contributed by atoms with Gasteiger partial charge in [-0.1, -0.05) is 21.1 Å². The summed E-state index contributed by atoms with van der Waals surface area (Å²) in [5.74, 6) is 1.39. The van der Waals surface area contributed by atoms with E-state index >= 15 is 0 Å². The Morgan fingerprint density at radius 1 is 1.17 bits per heavy atom. The van der Waals surface area contributed by atoms with Gasteiger partial charge in [0.2, 0.25) is 5.89 Å². The van der Waals surface area contributed by atoms with Crippen molar-refractivity contribution in [1.29, 1.82) is 0 Å². The van der Waals surface area contributed by atoms with Gasteiger partial charge in [-0.25, -0.2) is 0 Å². The third kappa shape index (κ3) is 3.14. The van der Waals surface area contributed by atoms with Crippen molar-refractivity contribution < 1.29 is 4.52 Å². The zero-order valence-electron chi connectivity index (χ0n) is 13.4. The van der Waals surface area contributed by atoms with Gasteiger partial charge in [0.25, 0.3) is 0 Å². The minimum atomic E-state index is 0.623. The summed E-state index contributed by atoms with van der Waals surface area (Å²) in [5, 5.41) is 5.17. The lowest BCUT2D eigenvalue weighted by Gasteiger charge is -2.36. The second-order valence-electron chi connectivity index (χ2n) is 5.98. The molecule has 0 amide bonds. The fraction of sp³-hybridized carbons (Fsp3) is 0.353. The molecule has 1 aromatic carbocycles. The third-order valence-corrected chi connectivity index (χ3v) is 4.82. The fourth-order valence-corrected chi connectivity index (χ4v) is 3.49. The van der Waals surface area contributed by atoms with Crippen LogP contribution in [0.3, 0.4) is 0 Å². The molecule has 0 bridgehead atoms. The summed E-state index contributed by atoms with van der Waals surface area (Å²) in [5.41, 5.74) is 2.27. The molecule has 124 valence electrons. The third-order valence-electron chi connectivity index (χ3n) is 4.33. The van der Waals surface area contributed by atoms with Crippen LogP contribution in [0.2, 0.25) is 0 Å². The van der Waals surface area contributed by atoms with Gasteiger partial charge in [-0.05, 0) is 24.3 Å². The number of aromatic nitrogens is 3. The zero-order valence-corrected chi connectivity index (χ0v) is 15.0. The van der Waals surface area contributed by atoms with Crippen LogP contribution >= 0.6 is 15.9 Å². The van der Waals surface area contributed by atoms with E-state index in [2.05, 4.69) is 59.1 Å². The van der Waals surface area contributed by atoms with Crippen molar-refractivity contribution in [3.63, 3.8) is 0 Å². The molecule has 3 heterocycles. The van der Waals surface area contributed by atoms with Gasteiger partial charge in [-0.3, -0.25) is 9.88 Å². The molecule has 6 nitrogen and oxygen atoms in total. The van der Waals surface area contributed by atoms with Crippen molar-refractivity contribution in [3.8, 4) is 0 Å². The largest absolute Gasteiger partial charge is 0.368 e. The smallest absolute Gasteiger partial charge is 0.223 e. The number of piperazine rings is 1. The molecule has 3 aromatic rings. The molecule has 0 aliphatic carbocycles. The summed E-state index contributed by atoms with van der Waals surface area (Å²) < 4.78 is 6.13. The topological polar surface area (TPSA) is 58.3 Å². The Kier molecular flexibility index (Phi) is 4.20. The maximum atomic E-state index is 5.05. The molecule has 24 heavy (non-hydrogen) atoms. The van der Waals surface area contributed by atoms with Crippen LogP contribution in [0.5, 0.6) is 0 Å². The molecule has 0 saturated carbocycles. The van der Waals surface area contributed by atoms with E-state index in [4.69, 9.17) is 4.52 Å². The van der Waals surface area contributed by atoms with E-state index < -0.39 is 0 Å². The highest BCUT2D eigenvalue weighted by Gasteiger charge is 2.20. The molecule has 0 atom stereocenters. The van der Waals surface area contributed by atoms with Gasteiger partial charge in [0.05, 0.1) is 12.1 Å². The number of hydrogen-bond donors (Lipinski definition) is 0. The summed E-state index contributed by atoms with van der Waals surface area (Å²) in [4.78, 5) is 13.5. The Balaban J connectivity index is 1.49.